The van der Waals surface area contributed by atoms with Gasteiger partial charge in [-0.15, -0.1) is 0 Å². The van der Waals surface area contributed by atoms with E-state index in [-0.39, 0.29) is 24.2 Å². The first-order valence-corrected chi connectivity index (χ1v) is 12.8. The third kappa shape index (κ3) is 5.00. The topological polar surface area (TPSA) is 88.5 Å². The lowest BCUT2D eigenvalue weighted by Crippen LogP contribution is -2.44. The zero-order valence-corrected chi connectivity index (χ0v) is 21.4. The van der Waals surface area contributed by atoms with Crippen LogP contribution >= 0.6 is 11.8 Å². The number of amides is 1. The van der Waals surface area contributed by atoms with Crippen LogP contribution in [-0.2, 0) is 23.9 Å². The van der Waals surface area contributed by atoms with Crippen LogP contribution in [0.3, 0.4) is 0 Å². The monoisotopic (exact) mass is 497 g/mol. The van der Waals surface area contributed by atoms with E-state index in [9.17, 15) is 14.4 Å². The first-order chi connectivity index (χ1) is 16.8. The van der Waals surface area contributed by atoms with Crippen LogP contribution in [-0.4, -0.2) is 59.6 Å². The largest absolute Gasteiger partial charge is 0.466 e. The number of likely N-dealkylation sites (tertiary alicyclic amines) is 1. The minimum Gasteiger partial charge on any atom is -0.466 e. The van der Waals surface area contributed by atoms with Crippen LogP contribution in [0.25, 0.3) is 0 Å². The molecule has 186 valence electrons. The van der Waals surface area contributed by atoms with E-state index in [1.807, 2.05) is 48.4 Å². The summed E-state index contributed by atoms with van der Waals surface area (Å²) < 4.78 is 10.3. The van der Waals surface area contributed by atoms with Crippen molar-refractivity contribution >= 4 is 34.8 Å². The first kappa shape index (κ1) is 25.0. The minimum absolute atomic E-state index is 0.0541. The standard InChI is InChI=1S/C26H31N3O5S/c1-5-34-24(31)18-10-8-12-28(14-18)21(30)13-19-15-35-26-27-17(3)22(25(32)33-4)23(29(19)26)20-11-7-6-9-16(20)2/h6-7,9,11,15,18,23H,5,8,10,12-14H2,1-4H3/t18-,23-/m1/s1. The van der Waals surface area contributed by atoms with E-state index in [0.717, 1.165) is 34.8 Å². The van der Waals surface area contributed by atoms with Crippen LogP contribution in [0.2, 0.25) is 0 Å². The molecule has 35 heavy (non-hydrogen) atoms. The Balaban J connectivity index is 1.61. The summed E-state index contributed by atoms with van der Waals surface area (Å²) in [5.74, 6) is -1.02. The van der Waals surface area contributed by atoms with Gasteiger partial charge in [-0.1, -0.05) is 36.0 Å². The lowest BCUT2D eigenvalue weighted by Gasteiger charge is -2.37. The number of esters is 2. The summed E-state index contributed by atoms with van der Waals surface area (Å²) in [5, 5.41) is 2.66. The van der Waals surface area contributed by atoms with Crippen molar-refractivity contribution in [2.45, 2.75) is 46.1 Å². The molecule has 8 nitrogen and oxygen atoms in total. The van der Waals surface area contributed by atoms with Crippen molar-refractivity contribution in [3.05, 3.63) is 57.8 Å². The van der Waals surface area contributed by atoms with Gasteiger partial charge in [0.2, 0.25) is 5.91 Å². The molecule has 9 heteroatoms. The summed E-state index contributed by atoms with van der Waals surface area (Å²) in [6, 6.07) is 7.46. The number of aliphatic imine (C=N–C) groups is 1. The zero-order chi connectivity index (χ0) is 25.1. The number of rotatable bonds is 6. The van der Waals surface area contributed by atoms with Gasteiger partial charge in [-0.05, 0) is 50.1 Å². The van der Waals surface area contributed by atoms with E-state index in [0.29, 0.717) is 31.0 Å². The normalized spacial score (nSPS) is 21.8. The number of hydrogen-bond donors (Lipinski definition) is 0. The van der Waals surface area contributed by atoms with Gasteiger partial charge in [-0.25, -0.2) is 9.79 Å². The smallest absolute Gasteiger partial charge is 0.338 e. The Morgan fingerprint density at radius 1 is 1.20 bits per heavy atom. The van der Waals surface area contributed by atoms with Crippen molar-refractivity contribution < 1.29 is 23.9 Å². The quantitative estimate of drug-likeness (QED) is 0.550. The lowest BCUT2D eigenvalue weighted by molar-refractivity contribution is -0.151. The van der Waals surface area contributed by atoms with Gasteiger partial charge < -0.3 is 19.3 Å². The highest BCUT2D eigenvalue weighted by atomic mass is 32.2. The molecule has 3 aliphatic rings. The molecule has 0 aliphatic carbocycles. The highest BCUT2D eigenvalue weighted by Crippen LogP contribution is 2.45. The van der Waals surface area contributed by atoms with Crippen LogP contribution in [0.15, 0.2) is 51.6 Å². The van der Waals surface area contributed by atoms with E-state index >= 15 is 0 Å². The summed E-state index contributed by atoms with van der Waals surface area (Å²) >= 11 is 1.45. The van der Waals surface area contributed by atoms with Crippen molar-refractivity contribution in [3.63, 3.8) is 0 Å². The number of allylic oxidation sites excluding steroid dienone is 1. The number of amidine groups is 1. The van der Waals surface area contributed by atoms with Gasteiger partial charge in [0.25, 0.3) is 0 Å². The summed E-state index contributed by atoms with van der Waals surface area (Å²) in [7, 11) is 1.37. The number of nitrogens with zero attached hydrogens (tertiary/aromatic N) is 3. The van der Waals surface area contributed by atoms with Crippen LogP contribution in [0.5, 0.6) is 0 Å². The molecular formula is C26H31N3O5S. The molecule has 0 unspecified atom stereocenters. The molecule has 1 fully saturated rings. The summed E-state index contributed by atoms with van der Waals surface area (Å²) in [5.41, 5.74) is 3.84. The molecule has 0 N–H and O–H groups in total. The highest BCUT2D eigenvalue weighted by Gasteiger charge is 2.42. The number of carbonyl (C=O) groups is 3. The number of ether oxygens (including phenoxy) is 2. The molecule has 4 rings (SSSR count). The number of methoxy groups -OCH3 is 1. The Hall–Kier alpha value is -3.07. The van der Waals surface area contributed by atoms with Gasteiger partial charge in [0, 0.05) is 18.8 Å². The molecule has 0 saturated carbocycles. The number of carbonyl (C=O) groups excluding carboxylic acids is 3. The fourth-order valence-electron chi connectivity index (χ4n) is 4.85. The fourth-order valence-corrected chi connectivity index (χ4v) is 5.82. The third-order valence-corrected chi connectivity index (χ3v) is 7.50. The Morgan fingerprint density at radius 2 is 1.97 bits per heavy atom. The second-order valence-corrected chi connectivity index (χ2v) is 9.69. The maximum absolute atomic E-state index is 13.4. The predicted molar refractivity (Wildman–Crippen MR) is 134 cm³/mol. The average molecular weight is 498 g/mol. The lowest BCUT2D eigenvalue weighted by atomic mass is 9.91. The second-order valence-electron chi connectivity index (χ2n) is 8.85. The molecule has 0 spiro atoms. The Morgan fingerprint density at radius 3 is 2.69 bits per heavy atom. The molecule has 0 aromatic heterocycles. The molecule has 1 saturated heterocycles. The summed E-state index contributed by atoms with van der Waals surface area (Å²) in [4.78, 5) is 46.9. The summed E-state index contributed by atoms with van der Waals surface area (Å²) in [6.45, 7) is 6.92. The molecule has 1 aromatic rings. The van der Waals surface area contributed by atoms with Gasteiger partial charge in [0.1, 0.15) is 0 Å². The molecule has 0 radical (unpaired) electrons. The first-order valence-electron chi connectivity index (χ1n) is 11.9. The third-order valence-electron chi connectivity index (χ3n) is 6.62. The van der Waals surface area contributed by atoms with Crippen LogP contribution in [0.4, 0.5) is 0 Å². The van der Waals surface area contributed by atoms with E-state index < -0.39 is 12.0 Å². The van der Waals surface area contributed by atoms with Crippen molar-refractivity contribution in [1.29, 1.82) is 0 Å². The second kappa shape index (κ2) is 10.7. The van der Waals surface area contributed by atoms with Crippen molar-refractivity contribution in [1.82, 2.24) is 9.80 Å². The summed E-state index contributed by atoms with van der Waals surface area (Å²) in [6.07, 6.45) is 1.64. The number of benzene rings is 1. The number of thioether (sulfide) groups is 1. The molecule has 3 heterocycles. The van der Waals surface area contributed by atoms with Gasteiger partial charge in [-0.2, -0.15) is 0 Å². The van der Waals surface area contributed by atoms with Gasteiger partial charge in [0.05, 0.1) is 43.4 Å². The Kier molecular flexibility index (Phi) is 7.64. The number of hydrogen-bond acceptors (Lipinski definition) is 8. The van der Waals surface area contributed by atoms with Crippen LogP contribution < -0.4 is 0 Å². The molecule has 2 atom stereocenters. The van der Waals surface area contributed by atoms with Crippen molar-refractivity contribution in [2.75, 3.05) is 26.8 Å². The van der Waals surface area contributed by atoms with Crippen molar-refractivity contribution in [2.24, 2.45) is 10.9 Å². The molecule has 3 aliphatic heterocycles. The zero-order valence-electron chi connectivity index (χ0n) is 20.6. The Labute approximate surface area is 210 Å². The SMILES string of the molecule is CCOC(=O)[C@@H]1CCCN(C(=O)CC2=CSC3=NC(C)=C(C(=O)OC)[C@@H](c4ccccc4C)N23)C1. The molecule has 1 aromatic carbocycles. The minimum atomic E-state index is -0.446. The highest BCUT2D eigenvalue weighted by molar-refractivity contribution is 8.16. The molecule has 0 bridgehead atoms. The van der Waals surface area contributed by atoms with Crippen molar-refractivity contribution in [3.8, 4) is 0 Å². The number of piperidine rings is 1. The fraction of sp³-hybridized carbons (Fsp3) is 0.462. The van der Waals surface area contributed by atoms with Gasteiger partial charge >= 0.3 is 11.9 Å². The number of aryl methyl sites for hydroxylation is 1. The van der Waals surface area contributed by atoms with Gasteiger partial charge in [-0.3, -0.25) is 9.59 Å². The maximum Gasteiger partial charge on any atom is 0.338 e. The Bertz CT molecular complexity index is 1130. The van der Waals surface area contributed by atoms with E-state index in [1.165, 1.54) is 18.9 Å². The van der Waals surface area contributed by atoms with Crippen LogP contribution in [0.1, 0.15) is 50.3 Å². The average Bonchev–Trinajstić information content (AvgIpc) is 3.25. The van der Waals surface area contributed by atoms with E-state index in [2.05, 4.69) is 4.99 Å². The predicted octanol–water partition coefficient (Wildman–Crippen LogP) is 3.93. The molecule has 1 amide bonds. The molecular weight excluding hydrogens is 466 g/mol. The van der Waals surface area contributed by atoms with E-state index in [1.54, 1.807) is 11.8 Å². The number of fused-ring (bicyclic) bond motifs is 1. The maximum atomic E-state index is 13.4. The van der Waals surface area contributed by atoms with E-state index in [4.69, 9.17) is 9.47 Å². The van der Waals surface area contributed by atoms with Crippen LogP contribution in [0, 0.1) is 12.8 Å². The van der Waals surface area contributed by atoms with Gasteiger partial charge in [0.15, 0.2) is 5.17 Å².